The second-order valence-electron chi connectivity index (χ2n) is 11.4. The summed E-state index contributed by atoms with van der Waals surface area (Å²) < 4.78 is 6.89. The molecule has 0 saturated carbocycles. The van der Waals surface area contributed by atoms with E-state index in [-0.39, 0.29) is 5.91 Å². The minimum atomic E-state index is -0.790. The van der Waals surface area contributed by atoms with Crippen LogP contribution in [-0.2, 0) is 18.4 Å². The highest BCUT2D eigenvalue weighted by atomic mass is 16.5. The van der Waals surface area contributed by atoms with Gasteiger partial charge in [-0.15, -0.1) is 0 Å². The van der Waals surface area contributed by atoms with E-state index in [2.05, 4.69) is 93.1 Å². The van der Waals surface area contributed by atoms with Crippen LogP contribution in [0.25, 0.3) is 0 Å². The van der Waals surface area contributed by atoms with Crippen molar-refractivity contribution >= 4 is 17.3 Å². The number of nitrogens with zero attached hydrogens (tertiary/aromatic N) is 2. The Balaban J connectivity index is 1.83. The molecule has 0 aliphatic carbocycles. The van der Waals surface area contributed by atoms with Gasteiger partial charge in [0, 0.05) is 66.4 Å². The summed E-state index contributed by atoms with van der Waals surface area (Å²) in [6.45, 7) is 17.1. The Kier molecular flexibility index (Phi) is 8.63. The van der Waals surface area contributed by atoms with Crippen LogP contribution in [0.4, 0.5) is 11.4 Å². The van der Waals surface area contributed by atoms with Crippen molar-refractivity contribution in [3.05, 3.63) is 81.9 Å². The van der Waals surface area contributed by atoms with Crippen LogP contribution in [0.1, 0.15) is 105 Å². The molecule has 5 rings (SSSR count). The van der Waals surface area contributed by atoms with Crippen molar-refractivity contribution in [1.82, 2.24) is 5.32 Å². The van der Waals surface area contributed by atoms with E-state index in [9.17, 15) is 4.79 Å². The van der Waals surface area contributed by atoms with E-state index in [1.165, 1.54) is 22.5 Å². The highest BCUT2D eigenvalue weighted by Gasteiger charge is 2.51. The normalized spacial score (nSPS) is 14.2. The van der Waals surface area contributed by atoms with Crippen LogP contribution in [0.3, 0.4) is 0 Å². The average molecular weight is 554 g/mol. The fraction of sp³-hybridized carbons (Fsp3) is 0.472. The van der Waals surface area contributed by atoms with Gasteiger partial charge in [0.2, 0.25) is 0 Å². The zero-order valence-electron chi connectivity index (χ0n) is 25.9. The number of carbonyl (C=O) groups excluding carboxylic acids is 1. The van der Waals surface area contributed by atoms with E-state index in [1.54, 1.807) is 0 Å². The molecule has 5 heteroatoms. The molecule has 218 valence electrons. The summed E-state index contributed by atoms with van der Waals surface area (Å²) in [5.74, 6) is 1.65. The Morgan fingerprint density at radius 1 is 0.683 bits per heavy atom. The van der Waals surface area contributed by atoms with Gasteiger partial charge in [-0.05, 0) is 88.3 Å². The molecule has 0 unspecified atom stereocenters. The first-order valence-electron chi connectivity index (χ1n) is 15.9. The number of hydrogen-bond acceptors (Lipinski definition) is 4. The van der Waals surface area contributed by atoms with Gasteiger partial charge < -0.3 is 19.9 Å². The Bertz CT molecular complexity index is 1330. The van der Waals surface area contributed by atoms with E-state index in [4.69, 9.17) is 4.74 Å². The predicted molar refractivity (Wildman–Crippen MR) is 171 cm³/mol. The number of rotatable bonds is 12. The Morgan fingerprint density at radius 2 is 1.17 bits per heavy atom. The molecule has 1 spiro atoms. The predicted octanol–water partition coefficient (Wildman–Crippen LogP) is 8.21. The molecule has 0 aromatic heterocycles. The minimum Gasteiger partial charge on any atom is -0.456 e. The van der Waals surface area contributed by atoms with Crippen molar-refractivity contribution in [2.75, 3.05) is 36.0 Å². The van der Waals surface area contributed by atoms with E-state index in [1.807, 2.05) is 12.1 Å². The molecule has 2 heterocycles. The molecule has 0 saturated heterocycles. The third-order valence-corrected chi connectivity index (χ3v) is 9.07. The van der Waals surface area contributed by atoms with Crippen molar-refractivity contribution in [3.63, 3.8) is 0 Å². The van der Waals surface area contributed by atoms with Crippen LogP contribution in [0.2, 0.25) is 0 Å². The monoisotopic (exact) mass is 553 g/mol. The summed E-state index contributed by atoms with van der Waals surface area (Å²) in [6.07, 6.45) is 6.50. The van der Waals surface area contributed by atoms with E-state index >= 15 is 0 Å². The van der Waals surface area contributed by atoms with Gasteiger partial charge in [0.05, 0.1) is 0 Å². The lowest BCUT2D eigenvalue weighted by Gasteiger charge is -2.40. The SMILES string of the molecule is CCCCc1cc2c(cc1N(CC)CC)Oc1cc(N(CC)CC)c(CCCC)cc1C21NC(=O)c2ccccc21. The van der Waals surface area contributed by atoms with Gasteiger partial charge >= 0.3 is 0 Å². The number of anilines is 2. The molecule has 3 aromatic rings. The molecule has 2 aliphatic rings. The molecule has 3 aromatic carbocycles. The summed E-state index contributed by atoms with van der Waals surface area (Å²) in [7, 11) is 0. The summed E-state index contributed by atoms with van der Waals surface area (Å²) in [4.78, 5) is 18.5. The molecule has 2 aliphatic heterocycles. The molecule has 1 N–H and O–H groups in total. The number of carbonyl (C=O) groups is 1. The number of fused-ring (bicyclic) bond motifs is 6. The zero-order chi connectivity index (χ0) is 29.1. The third kappa shape index (κ3) is 4.87. The standard InChI is InChI=1S/C36H47N3O2/c1-7-13-17-25-21-29-33(23-31(25)38(9-3)10-4)41-34-24-32(39(11-5)12-6)26(18-14-8-2)22-30(34)36(29)28-20-16-15-19-27(28)35(40)37-36/h15-16,19-24H,7-14,17-18H2,1-6H3,(H,37,40). The van der Waals surface area contributed by atoms with Crippen LogP contribution in [-0.4, -0.2) is 32.1 Å². The highest BCUT2D eigenvalue weighted by Crippen LogP contribution is 2.55. The van der Waals surface area contributed by atoms with Crippen LogP contribution in [0.15, 0.2) is 48.5 Å². The van der Waals surface area contributed by atoms with E-state index < -0.39 is 5.54 Å². The van der Waals surface area contributed by atoms with Gasteiger partial charge in [-0.3, -0.25) is 4.79 Å². The summed E-state index contributed by atoms with van der Waals surface area (Å²) in [6, 6.07) is 17.3. The lowest BCUT2D eigenvalue weighted by atomic mass is 9.74. The van der Waals surface area contributed by atoms with Gasteiger partial charge in [0.15, 0.2) is 0 Å². The summed E-state index contributed by atoms with van der Waals surface area (Å²) >= 11 is 0. The second-order valence-corrected chi connectivity index (χ2v) is 11.4. The topological polar surface area (TPSA) is 44.8 Å². The first kappa shape index (κ1) is 29.0. The fourth-order valence-electron chi connectivity index (χ4n) is 6.84. The van der Waals surface area contributed by atoms with Crippen LogP contribution >= 0.6 is 0 Å². The third-order valence-electron chi connectivity index (χ3n) is 9.07. The number of aryl methyl sites for hydroxylation is 2. The molecule has 41 heavy (non-hydrogen) atoms. The van der Waals surface area contributed by atoms with Gasteiger partial charge in [-0.2, -0.15) is 0 Å². The van der Waals surface area contributed by atoms with Gasteiger partial charge in [0.1, 0.15) is 17.0 Å². The van der Waals surface area contributed by atoms with E-state index in [0.29, 0.717) is 0 Å². The molecule has 0 fully saturated rings. The Labute approximate surface area is 246 Å². The fourth-order valence-corrected chi connectivity index (χ4v) is 6.84. The maximum absolute atomic E-state index is 13.6. The maximum Gasteiger partial charge on any atom is 0.252 e. The first-order valence-corrected chi connectivity index (χ1v) is 15.9. The second kappa shape index (κ2) is 12.2. The van der Waals surface area contributed by atoms with E-state index in [0.717, 1.165) is 98.5 Å². The number of hydrogen-bond donors (Lipinski definition) is 1. The molecule has 5 nitrogen and oxygen atoms in total. The van der Waals surface area contributed by atoms with Crippen molar-refractivity contribution < 1.29 is 9.53 Å². The maximum atomic E-state index is 13.6. The Morgan fingerprint density at radius 3 is 1.63 bits per heavy atom. The van der Waals surface area contributed by atoms with Crippen molar-refractivity contribution in [3.8, 4) is 11.5 Å². The van der Waals surface area contributed by atoms with Crippen LogP contribution < -0.4 is 19.9 Å². The quantitative estimate of drug-likeness (QED) is 0.245. The minimum absolute atomic E-state index is 0.0229. The molecular weight excluding hydrogens is 506 g/mol. The number of amides is 1. The number of unbranched alkanes of at least 4 members (excludes halogenated alkanes) is 2. The van der Waals surface area contributed by atoms with Crippen molar-refractivity contribution in [2.45, 2.75) is 85.6 Å². The lowest BCUT2D eigenvalue weighted by molar-refractivity contribution is 0.0946. The lowest BCUT2D eigenvalue weighted by Crippen LogP contribution is -2.44. The number of ether oxygens (including phenoxy) is 1. The number of benzene rings is 3. The van der Waals surface area contributed by atoms with Crippen molar-refractivity contribution in [1.29, 1.82) is 0 Å². The van der Waals surface area contributed by atoms with Gasteiger partial charge in [-0.25, -0.2) is 0 Å². The average Bonchev–Trinajstić information content (AvgIpc) is 3.29. The van der Waals surface area contributed by atoms with Crippen LogP contribution in [0.5, 0.6) is 11.5 Å². The highest BCUT2D eigenvalue weighted by molar-refractivity contribution is 6.02. The largest absolute Gasteiger partial charge is 0.456 e. The first-order chi connectivity index (χ1) is 20.0. The molecular formula is C36H47N3O2. The van der Waals surface area contributed by atoms with Gasteiger partial charge in [-0.1, -0.05) is 44.9 Å². The number of nitrogens with one attached hydrogen (secondary N) is 1. The molecule has 1 amide bonds. The molecule has 0 radical (unpaired) electrons. The molecule has 0 bridgehead atoms. The van der Waals surface area contributed by atoms with Crippen LogP contribution in [0, 0.1) is 0 Å². The Hall–Kier alpha value is -3.47. The summed E-state index contributed by atoms with van der Waals surface area (Å²) in [5, 5.41) is 3.52. The smallest absolute Gasteiger partial charge is 0.252 e. The molecule has 0 atom stereocenters. The van der Waals surface area contributed by atoms with Crippen molar-refractivity contribution in [2.24, 2.45) is 0 Å². The zero-order valence-corrected chi connectivity index (χ0v) is 25.9. The summed E-state index contributed by atoms with van der Waals surface area (Å²) in [5.41, 5.74) is 8.19. The van der Waals surface area contributed by atoms with Gasteiger partial charge in [0.25, 0.3) is 5.91 Å².